The minimum Gasteiger partial charge on any atom is -0.293 e. The summed E-state index contributed by atoms with van der Waals surface area (Å²) in [6, 6.07) is 12.3. The van der Waals surface area contributed by atoms with Crippen LogP contribution in [0.5, 0.6) is 0 Å². The second-order valence-corrected chi connectivity index (χ2v) is 6.12. The lowest BCUT2D eigenvalue weighted by atomic mass is 10.2. The van der Waals surface area contributed by atoms with Crippen molar-refractivity contribution in [2.75, 3.05) is 0 Å². The van der Waals surface area contributed by atoms with Gasteiger partial charge >= 0.3 is 0 Å². The lowest BCUT2D eigenvalue weighted by molar-refractivity contribution is -0.384. The Hall–Kier alpha value is -3.95. The minimum absolute atomic E-state index is 0.0456. The molecule has 0 unspecified atom stereocenters. The van der Waals surface area contributed by atoms with E-state index in [-0.39, 0.29) is 35.8 Å². The number of nitrogens with zero attached hydrogens (tertiary/aromatic N) is 6. The first-order valence-electron chi connectivity index (χ1n) is 8.28. The largest absolute Gasteiger partial charge is 0.293 e. The molecule has 0 bridgehead atoms. The summed E-state index contributed by atoms with van der Waals surface area (Å²) in [4.78, 5) is 27.3. The van der Waals surface area contributed by atoms with Gasteiger partial charge in [0.1, 0.15) is 12.1 Å². The number of aromatic nitrogens is 5. The summed E-state index contributed by atoms with van der Waals surface area (Å²) >= 11 is 0. The van der Waals surface area contributed by atoms with Crippen LogP contribution in [0.2, 0.25) is 0 Å². The standard InChI is InChI=1S/C18H13FN6O3/c19-15-7-2-1-5-13(15)10-24-17-16(21-22-24)18(26)23(11-20-17)9-12-4-3-6-14(8-12)25(27)28/h1-8,11H,9-10H2. The van der Waals surface area contributed by atoms with Gasteiger partial charge in [-0.2, -0.15) is 0 Å². The molecule has 0 saturated carbocycles. The van der Waals surface area contributed by atoms with Gasteiger partial charge in [0.05, 0.1) is 18.0 Å². The third-order valence-corrected chi connectivity index (χ3v) is 4.24. The van der Waals surface area contributed by atoms with E-state index in [4.69, 9.17) is 0 Å². The zero-order chi connectivity index (χ0) is 19.7. The molecule has 0 spiro atoms. The molecule has 0 N–H and O–H groups in total. The van der Waals surface area contributed by atoms with Crippen LogP contribution in [-0.2, 0) is 13.1 Å². The van der Waals surface area contributed by atoms with E-state index in [2.05, 4.69) is 15.3 Å². The molecule has 28 heavy (non-hydrogen) atoms. The second-order valence-electron chi connectivity index (χ2n) is 6.12. The second kappa shape index (κ2) is 6.99. The molecule has 0 saturated heterocycles. The lowest BCUT2D eigenvalue weighted by Gasteiger charge is -2.06. The fraction of sp³-hybridized carbons (Fsp3) is 0.111. The number of benzene rings is 2. The van der Waals surface area contributed by atoms with Gasteiger partial charge in [0.2, 0.25) is 0 Å². The fourth-order valence-electron chi connectivity index (χ4n) is 2.86. The van der Waals surface area contributed by atoms with Crippen LogP contribution in [-0.4, -0.2) is 29.5 Å². The highest BCUT2D eigenvalue weighted by atomic mass is 19.1. The summed E-state index contributed by atoms with van der Waals surface area (Å²) in [6.45, 7) is 0.189. The number of hydrogen-bond acceptors (Lipinski definition) is 6. The Balaban J connectivity index is 1.67. The molecule has 0 atom stereocenters. The smallest absolute Gasteiger partial charge is 0.283 e. The molecule has 4 aromatic rings. The van der Waals surface area contributed by atoms with E-state index >= 15 is 0 Å². The summed E-state index contributed by atoms with van der Waals surface area (Å²) in [7, 11) is 0. The van der Waals surface area contributed by atoms with E-state index in [9.17, 15) is 19.3 Å². The molecule has 0 fully saturated rings. The van der Waals surface area contributed by atoms with Crippen LogP contribution < -0.4 is 5.56 Å². The van der Waals surface area contributed by atoms with Crippen LogP contribution in [0.3, 0.4) is 0 Å². The number of non-ortho nitro benzene ring substituents is 1. The molecule has 0 amide bonds. The lowest BCUT2D eigenvalue weighted by Crippen LogP contribution is -2.21. The first-order chi connectivity index (χ1) is 13.5. The Kier molecular flexibility index (Phi) is 4.36. The van der Waals surface area contributed by atoms with Crippen LogP contribution in [0.15, 0.2) is 59.7 Å². The van der Waals surface area contributed by atoms with E-state index in [1.54, 1.807) is 30.3 Å². The third kappa shape index (κ3) is 3.22. The highest BCUT2D eigenvalue weighted by molar-refractivity contribution is 5.67. The van der Waals surface area contributed by atoms with Crippen molar-refractivity contribution in [1.82, 2.24) is 24.5 Å². The topological polar surface area (TPSA) is 109 Å². The predicted molar refractivity (Wildman–Crippen MR) is 97.3 cm³/mol. The van der Waals surface area contributed by atoms with Crippen molar-refractivity contribution in [3.63, 3.8) is 0 Å². The van der Waals surface area contributed by atoms with Gasteiger partial charge in [0, 0.05) is 17.7 Å². The molecule has 10 heteroatoms. The van der Waals surface area contributed by atoms with E-state index in [1.807, 2.05) is 0 Å². The van der Waals surface area contributed by atoms with Gasteiger partial charge in [0.15, 0.2) is 11.2 Å². The van der Waals surface area contributed by atoms with Crippen molar-refractivity contribution in [1.29, 1.82) is 0 Å². The number of nitro benzene ring substituents is 1. The van der Waals surface area contributed by atoms with Crippen molar-refractivity contribution in [2.45, 2.75) is 13.1 Å². The van der Waals surface area contributed by atoms with Crippen LogP contribution in [0.25, 0.3) is 11.2 Å². The number of nitro groups is 1. The summed E-state index contributed by atoms with van der Waals surface area (Å²) in [5.74, 6) is -0.384. The molecule has 140 valence electrons. The number of rotatable bonds is 5. The SMILES string of the molecule is O=c1c2nnn(Cc3ccccc3F)c2ncn1Cc1cccc([N+](=O)[O-])c1. The Morgan fingerprint density at radius 1 is 1.11 bits per heavy atom. The van der Waals surface area contributed by atoms with E-state index in [0.717, 1.165) is 0 Å². The Morgan fingerprint density at radius 3 is 2.71 bits per heavy atom. The number of halogens is 1. The van der Waals surface area contributed by atoms with Crippen LogP contribution >= 0.6 is 0 Å². The summed E-state index contributed by atoms with van der Waals surface area (Å²) in [5.41, 5.74) is 0.771. The molecule has 4 rings (SSSR count). The zero-order valence-electron chi connectivity index (χ0n) is 14.4. The fourth-order valence-corrected chi connectivity index (χ4v) is 2.86. The molecule has 0 aliphatic carbocycles. The van der Waals surface area contributed by atoms with Gasteiger partial charge in [-0.05, 0) is 11.6 Å². The maximum absolute atomic E-state index is 13.9. The van der Waals surface area contributed by atoms with E-state index < -0.39 is 10.5 Å². The quantitative estimate of drug-likeness (QED) is 0.388. The Morgan fingerprint density at radius 2 is 1.93 bits per heavy atom. The predicted octanol–water partition coefficient (Wildman–Crippen LogP) is 2.13. The van der Waals surface area contributed by atoms with Crippen LogP contribution in [0.1, 0.15) is 11.1 Å². The molecule has 0 radical (unpaired) electrons. The monoisotopic (exact) mass is 380 g/mol. The van der Waals surface area contributed by atoms with Crippen LogP contribution in [0, 0.1) is 15.9 Å². The normalized spacial score (nSPS) is 11.0. The van der Waals surface area contributed by atoms with Gasteiger partial charge < -0.3 is 0 Å². The molecule has 2 aromatic heterocycles. The third-order valence-electron chi connectivity index (χ3n) is 4.24. The van der Waals surface area contributed by atoms with Crippen molar-refractivity contribution in [3.8, 4) is 0 Å². The zero-order valence-corrected chi connectivity index (χ0v) is 14.4. The Labute approximate surface area is 156 Å². The average Bonchev–Trinajstić information content (AvgIpc) is 3.10. The highest BCUT2D eigenvalue weighted by Gasteiger charge is 2.14. The van der Waals surface area contributed by atoms with E-state index in [1.165, 1.54) is 33.8 Å². The maximum Gasteiger partial charge on any atom is 0.283 e. The van der Waals surface area contributed by atoms with Crippen molar-refractivity contribution >= 4 is 16.9 Å². The Bertz CT molecular complexity index is 1250. The molecule has 2 aromatic carbocycles. The van der Waals surface area contributed by atoms with Crippen LogP contribution in [0.4, 0.5) is 10.1 Å². The van der Waals surface area contributed by atoms with Gasteiger partial charge in [-0.25, -0.2) is 14.1 Å². The molecular weight excluding hydrogens is 367 g/mol. The summed E-state index contributed by atoms with van der Waals surface area (Å²) in [5, 5.41) is 18.7. The van der Waals surface area contributed by atoms with Gasteiger partial charge in [-0.1, -0.05) is 35.5 Å². The van der Waals surface area contributed by atoms with Crippen molar-refractivity contribution < 1.29 is 9.31 Å². The maximum atomic E-state index is 13.9. The first kappa shape index (κ1) is 17.5. The van der Waals surface area contributed by atoms with Crippen molar-refractivity contribution in [3.05, 3.63) is 92.3 Å². The van der Waals surface area contributed by atoms with Crippen molar-refractivity contribution in [2.24, 2.45) is 0 Å². The molecule has 0 aliphatic rings. The molecule has 0 aliphatic heterocycles. The average molecular weight is 380 g/mol. The minimum atomic E-state index is -0.498. The molecule has 9 nitrogen and oxygen atoms in total. The van der Waals surface area contributed by atoms with Gasteiger partial charge in [0.25, 0.3) is 11.2 Å². The highest BCUT2D eigenvalue weighted by Crippen LogP contribution is 2.14. The number of hydrogen-bond donors (Lipinski definition) is 0. The van der Waals surface area contributed by atoms with Gasteiger partial charge in [-0.15, -0.1) is 5.10 Å². The summed E-state index contributed by atoms with van der Waals surface area (Å²) in [6.07, 6.45) is 1.32. The molecular formula is C18H13FN6O3. The van der Waals surface area contributed by atoms with Gasteiger partial charge in [-0.3, -0.25) is 19.5 Å². The van der Waals surface area contributed by atoms with E-state index in [0.29, 0.717) is 11.1 Å². The first-order valence-corrected chi connectivity index (χ1v) is 8.28. The molecule has 2 heterocycles. The summed E-state index contributed by atoms with van der Waals surface area (Å²) < 4.78 is 16.5. The number of fused-ring (bicyclic) bond motifs is 1.